The van der Waals surface area contributed by atoms with E-state index in [1.54, 1.807) is 0 Å². The average molecular weight is 483 g/mol. The molecule has 1 atom stereocenters. The van der Waals surface area contributed by atoms with Crippen LogP contribution in [0, 0.1) is 0 Å². The van der Waals surface area contributed by atoms with Crippen LogP contribution in [0.1, 0.15) is 27.0 Å². The number of para-hydroxylation sites is 2. The van der Waals surface area contributed by atoms with E-state index in [2.05, 4.69) is 10.6 Å². The zero-order valence-electron chi connectivity index (χ0n) is 19.8. The summed E-state index contributed by atoms with van der Waals surface area (Å²) in [7, 11) is 0. The van der Waals surface area contributed by atoms with Crippen LogP contribution in [0.3, 0.4) is 0 Å². The molecule has 5 heteroatoms. The summed E-state index contributed by atoms with van der Waals surface area (Å²) in [5.41, 5.74) is 5.86. The summed E-state index contributed by atoms with van der Waals surface area (Å²) in [6.45, 7) is 0. The first kappa shape index (κ1) is 21.3. The average Bonchev–Trinajstić information content (AvgIpc) is 3.23. The largest absolute Gasteiger partial charge is 0.456 e. The third-order valence-electron chi connectivity index (χ3n) is 6.86. The number of carbonyl (C=O) groups excluding carboxylic acids is 1. The normalized spacial score (nSPS) is 16.7. The van der Waals surface area contributed by atoms with Gasteiger partial charge in [-0.25, -0.2) is 4.79 Å². The number of nitrogens with one attached hydrogen (secondary N) is 2. The molecule has 0 bridgehead atoms. The van der Waals surface area contributed by atoms with E-state index in [4.69, 9.17) is 9.47 Å². The van der Waals surface area contributed by atoms with E-state index in [-0.39, 0.29) is 5.97 Å². The lowest BCUT2D eigenvalue weighted by Crippen LogP contribution is -2.32. The van der Waals surface area contributed by atoms with Gasteiger partial charge in [-0.15, -0.1) is 0 Å². The first-order valence-corrected chi connectivity index (χ1v) is 12.1. The van der Waals surface area contributed by atoms with Crippen LogP contribution < -0.4 is 15.4 Å². The van der Waals surface area contributed by atoms with Crippen LogP contribution in [0.15, 0.2) is 121 Å². The van der Waals surface area contributed by atoms with Gasteiger partial charge in [0, 0.05) is 45.5 Å². The van der Waals surface area contributed by atoms with Gasteiger partial charge in [-0.2, -0.15) is 0 Å². The van der Waals surface area contributed by atoms with Crippen molar-refractivity contribution >= 4 is 28.7 Å². The van der Waals surface area contributed by atoms with E-state index < -0.39 is 5.60 Å². The molecule has 2 aliphatic rings. The molecule has 5 aromatic rings. The summed E-state index contributed by atoms with van der Waals surface area (Å²) in [6, 6.07) is 39.4. The highest BCUT2D eigenvalue weighted by molar-refractivity contribution is 5.97. The van der Waals surface area contributed by atoms with Crippen LogP contribution in [0.4, 0.5) is 22.7 Å². The molecule has 0 fully saturated rings. The molecule has 1 spiro atoms. The number of benzene rings is 5. The van der Waals surface area contributed by atoms with Crippen molar-refractivity contribution < 1.29 is 14.3 Å². The number of anilines is 4. The Labute approximate surface area is 214 Å². The summed E-state index contributed by atoms with van der Waals surface area (Å²) in [5, 5.41) is 6.86. The molecule has 1 unspecified atom stereocenters. The lowest BCUT2D eigenvalue weighted by Gasteiger charge is -2.36. The Bertz CT molecular complexity index is 1650. The van der Waals surface area contributed by atoms with Crippen molar-refractivity contribution in [1.29, 1.82) is 0 Å². The smallest absolute Gasteiger partial charge is 0.340 e. The molecule has 0 aliphatic carbocycles. The zero-order chi connectivity index (χ0) is 24.8. The number of esters is 1. The van der Waals surface area contributed by atoms with Gasteiger partial charge < -0.3 is 20.1 Å². The fraction of sp³-hybridized carbons (Fsp3) is 0.0312. The summed E-state index contributed by atoms with van der Waals surface area (Å²) in [6.07, 6.45) is 0. The molecule has 0 saturated heterocycles. The molecular weight excluding hydrogens is 460 g/mol. The number of ether oxygens (including phenoxy) is 2. The third kappa shape index (κ3) is 3.44. The zero-order valence-corrected chi connectivity index (χ0v) is 19.8. The highest BCUT2D eigenvalue weighted by atomic mass is 16.6. The summed E-state index contributed by atoms with van der Waals surface area (Å²) >= 11 is 0. The van der Waals surface area contributed by atoms with Crippen molar-refractivity contribution in [1.82, 2.24) is 0 Å². The quantitative estimate of drug-likeness (QED) is 0.257. The van der Waals surface area contributed by atoms with Crippen LogP contribution in [0.2, 0.25) is 0 Å². The van der Waals surface area contributed by atoms with E-state index in [1.165, 1.54) is 0 Å². The second-order valence-electron chi connectivity index (χ2n) is 9.12. The Morgan fingerprint density at radius 1 is 0.514 bits per heavy atom. The van der Waals surface area contributed by atoms with Crippen LogP contribution in [0.25, 0.3) is 0 Å². The van der Waals surface area contributed by atoms with Gasteiger partial charge in [-0.1, -0.05) is 54.6 Å². The third-order valence-corrected chi connectivity index (χ3v) is 6.86. The van der Waals surface area contributed by atoms with E-state index in [0.29, 0.717) is 17.1 Å². The molecule has 5 nitrogen and oxygen atoms in total. The van der Waals surface area contributed by atoms with Crippen molar-refractivity contribution in [3.8, 4) is 11.5 Å². The Morgan fingerprint density at radius 2 is 1.08 bits per heavy atom. The molecule has 0 saturated carbocycles. The molecular formula is C32H22N2O3. The van der Waals surface area contributed by atoms with Gasteiger partial charge in [0.2, 0.25) is 0 Å². The number of hydrogen-bond acceptors (Lipinski definition) is 5. The van der Waals surface area contributed by atoms with E-state index >= 15 is 0 Å². The van der Waals surface area contributed by atoms with Crippen molar-refractivity contribution in [3.05, 3.63) is 144 Å². The van der Waals surface area contributed by atoms with Gasteiger partial charge >= 0.3 is 5.97 Å². The lowest BCUT2D eigenvalue weighted by molar-refractivity contribution is 0.0224. The first-order valence-electron chi connectivity index (χ1n) is 12.1. The van der Waals surface area contributed by atoms with Gasteiger partial charge in [0.05, 0.1) is 5.56 Å². The summed E-state index contributed by atoms with van der Waals surface area (Å²) < 4.78 is 12.5. The number of fused-ring (bicyclic) bond motifs is 6. The molecule has 0 radical (unpaired) electrons. The Balaban J connectivity index is 1.23. The first-order chi connectivity index (χ1) is 18.2. The van der Waals surface area contributed by atoms with Crippen LogP contribution in [-0.2, 0) is 10.3 Å². The minimum Gasteiger partial charge on any atom is -0.456 e. The standard InChI is InChI=1S/C32H22N2O3/c35-31-25-10-4-5-11-26(25)32(37-31)27-12-6-7-13-29(27)36-30-20-24(18-19-28(30)32)34-23-16-14-22(15-17-23)33-21-8-2-1-3-9-21/h1-20,33-34H. The molecule has 7 rings (SSSR count). The maximum absolute atomic E-state index is 12.9. The van der Waals surface area contributed by atoms with Gasteiger partial charge in [0.1, 0.15) is 11.5 Å². The van der Waals surface area contributed by atoms with Crippen molar-refractivity contribution in [3.63, 3.8) is 0 Å². The Hall–Kier alpha value is -5.03. The minimum atomic E-state index is -1.04. The van der Waals surface area contributed by atoms with Crippen LogP contribution in [-0.4, -0.2) is 5.97 Å². The highest BCUT2D eigenvalue weighted by Gasteiger charge is 2.53. The predicted octanol–water partition coefficient (Wildman–Crippen LogP) is 7.74. The van der Waals surface area contributed by atoms with E-state index in [9.17, 15) is 4.79 Å². The maximum atomic E-state index is 12.9. The molecule has 37 heavy (non-hydrogen) atoms. The van der Waals surface area contributed by atoms with E-state index in [0.717, 1.165) is 39.4 Å². The summed E-state index contributed by atoms with van der Waals surface area (Å²) in [4.78, 5) is 12.9. The predicted molar refractivity (Wildman–Crippen MR) is 144 cm³/mol. The molecule has 5 aromatic carbocycles. The minimum absolute atomic E-state index is 0.329. The van der Waals surface area contributed by atoms with E-state index in [1.807, 2.05) is 121 Å². The van der Waals surface area contributed by atoms with Crippen molar-refractivity contribution in [2.24, 2.45) is 0 Å². The van der Waals surface area contributed by atoms with Crippen molar-refractivity contribution in [2.45, 2.75) is 5.60 Å². The molecule has 2 aliphatic heterocycles. The monoisotopic (exact) mass is 482 g/mol. The topological polar surface area (TPSA) is 59.6 Å². The SMILES string of the molecule is O=C1OC2(c3ccccc3Oc3cc(Nc4ccc(Nc5ccccc5)cc4)ccc32)c2ccccc21. The molecule has 178 valence electrons. The molecule has 2 N–H and O–H groups in total. The molecule has 0 amide bonds. The maximum Gasteiger partial charge on any atom is 0.340 e. The number of rotatable bonds is 4. The van der Waals surface area contributed by atoms with Crippen LogP contribution in [0.5, 0.6) is 11.5 Å². The van der Waals surface area contributed by atoms with Crippen LogP contribution >= 0.6 is 0 Å². The number of hydrogen-bond donors (Lipinski definition) is 2. The lowest BCUT2D eigenvalue weighted by atomic mass is 9.77. The van der Waals surface area contributed by atoms with Gasteiger partial charge in [0.15, 0.2) is 5.60 Å². The van der Waals surface area contributed by atoms with Gasteiger partial charge in [-0.3, -0.25) is 0 Å². The fourth-order valence-electron chi connectivity index (χ4n) is 5.19. The second kappa shape index (κ2) is 8.28. The highest BCUT2D eigenvalue weighted by Crippen LogP contribution is 2.56. The fourth-order valence-corrected chi connectivity index (χ4v) is 5.19. The number of carbonyl (C=O) groups is 1. The molecule has 2 heterocycles. The summed E-state index contributed by atoms with van der Waals surface area (Å²) in [5.74, 6) is 0.994. The Morgan fingerprint density at radius 3 is 1.86 bits per heavy atom. The van der Waals surface area contributed by atoms with Gasteiger partial charge in [0.25, 0.3) is 0 Å². The van der Waals surface area contributed by atoms with Crippen molar-refractivity contribution in [2.75, 3.05) is 10.6 Å². The second-order valence-corrected chi connectivity index (χ2v) is 9.12. The van der Waals surface area contributed by atoms with Gasteiger partial charge in [-0.05, 0) is 60.7 Å². The molecule has 0 aromatic heterocycles. The Kier molecular flexibility index (Phi) is 4.76.